The van der Waals surface area contributed by atoms with E-state index in [1.165, 1.54) is 12.4 Å². The summed E-state index contributed by atoms with van der Waals surface area (Å²) >= 11 is 0. The highest BCUT2D eigenvalue weighted by Gasteiger charge is 2.47. The number of rotatable bonds is 2. The van der Waals surface area contributed by atoms with Crippen molar-refractivity contribution in [1.82, 2.24) is 14.3 Å². The Kier molecular flexibility index (Phi) is 3.41. The van der Waals surface area contributed by atoms with E-state index >= 15 is 0 Å². The zero-order valence-corrected chi connectivity index (χ0v) is 14.0. The molecule has 6 nitrogen and oxygen atoms in total. The first-order valence-electron chi connectivity index (χ1n) is 7.85. The maximum absolute atomic E-state index is 13.3. The largest absolute Gasteiger partial charge is 0.244 e. The second-order valence-electron chi connectivity index (χ2n) is 6.30. The van der Waals surface area contributed by atoms with Gasteiger partial charge in [-0.3, -0.25) is 0 Å². The Bertz CT molecular complexity index is 965. The van der Waals surface area contributed by atoms with Crippen LogP contribution in [0.15, 0.2) is 35.6 Å². The lowest BCUT2D eigenvalue weighted by Gasteiger charge is -2.34. The summed E-state index contributed by atoms with van der Waals surface area (Å²) < 4.78 is 28.3. The van der Waals surface area contributed by atoms with Crippen molar-refractivity contribution in [3.05, 3.63) is 53.1 Å². The van der Waals surface area contributed by atoms with Crippen LogP contribution in [0.5, 0.6) is 0 Å². The van der Waals surface area contributed by atoms with Gasteiger partial charge in [-0.2, -0.15) is 9.57 Å². The van der Waals surface area contributed by atoms with Crippen molar-refractivity contribution in [2.45, 2.75) is 43.2 Å². The number of hydrogen-bond acceptors (Lipinski definition) is 5. The van der Waals surface area contributed by atoms with Crippen LogP contribution in [0.25, 0.3) is 0 Å². The smallest absolute Gasteiger partial charge is 0.244 e. The minimum atomic E-state index is -3.68. The molecule has 0 saturated carbocycles. The summed E-state index contributed by atoms with van der Waals surface area (Å²) in [5.41, 5.74) is 2.87. The minimum absolute atomic E-state index is 0.0764. The van der Waals surface area contributed by atoms with Crippen LogP contribution in [0.1, 0.15) is 41.3 Å². The second-order valence-corrected chi connectivity index (χ2v) is 8.11. The average molecular weight is 340 g/mol. The Balaban J connectivity index is 1.84. The van der Waals surface area contributed by atoms with Crippen LogP contribution in [-0.2, 0) is 16.4 Å². The average Bonchev–Trinajstić information content (AvgIpc) is 2.92. The van der Waals surface area contributed by atoms with Gasteiger partial charge in [0.2, 0.25) is 10.0 Å². The van der Waals surface area contributed by atoms with Gasteiger partial charge in [0.05, 0.1) is 28.3 Å². The van der Waals surface area contributed by atoms with E-state index in [-0.39, 0.29) is 17.0 Å². The van der Waals surface area contributed by atoms with Gasteiger partial charge < -0.3 is 0 Å². The summed E-state index contributed by atoms with van der Waals surface area (Å²) in [6, 6.07) is 6.53. The SMILES string of the molecule is Cc1ccc(C#N)cc1S(=O)(=O)N1C2CCC1c1cncnc1C2. The molecule has 0 spiro atoms. The zero-order valence-electron chi connectivity index (χ0n) is 13.2. The summed E-state index contributed by atoms with van der Waals surface area (Å²) in [6.07, 6.45) is 5.46. The number of nitriles is 1. The Morgan fingerprint density at radius 3 is 2.96 bits per heavy atom. The molecule has 4 rings (SSSR count). The van der Waals surface area contributed by atoms with E-state index in [9.17, 15) is 8.42 Å². The number of hydrogen-bond donors (Lipinski definition) is 0. The molecule has 2 aromatic rings. The van der Waals surface area contributed by atoms with E-state index < -0.39 is 10.0 Å². The highest BCUT2D eigenvalue weighted by atomic mass is 32.2. The molecule has 2 aliphatic heterocycles. The third kappa shape index (κ3) is 2.14. The predicted octanol–water partition coefficient (Wildman–Crippen LogP) is 2.11. The highest BCUT2D eigenvalue weighted by Crippen LogP contribution is 2.46. The third-order valence-corrected chi connectivity index (χ3v) is 7.03. The fourth-order valence-corrected chi connectivity index (χ4v) is 5.91. The van der Waals surface area contributed by atoms with Crippen LogP contribution in [-0.4, -0.2) is 28.7 Å². The number of nitrogens with zero attached hydrogens (tertiary/aromatic N) is 4. The molecule has 0 amide bonds. The third-order valence-electron chi connectivity index (χ3n) is 4.93. The van der Waals surface area contributed by atoms with Crippen LogP contribution in [0.3, 0.4) is 0 Å². The normalized spacial score (nSPS) is 22.8. The van der Waals surface area contributed by atoms with Crippen molar-refractivity contribution in [2.24, 2.45) is 0 Å². The van der Waals surface area contributed by atoms with Gasteiger partial charge in [0.1, 0.15) is 6.33 Å². The molecule has 24 heavy (non-hydrogen) atoms. The van der Waals surface area contributed by atoms with Gasteiger partial charge in [0.15, 0.2) is 0 Å². The Labute approximate surface area is 140 Å². The lowest BCUT2D eigenvalue weighted by atomic mass is 10.0. The molecular weight excluding hydrogens is 324 g/mol. The highest BCUT2D eigenvalue weighted by molar-refractivity contribution is 7.89. The van der Waals surface area contributed by atoms with Crippen LogP contribution in [0, 0.1) is 18.3 Å². The molecular formula is C17H16N4O2S. The van der Waals surface area contributed by atoms with E-state index in [0.717, 1.165) is 24.1 Å². The molecule has 0 N–H and O–H groups in total. The zero-order chi connectivity index (χ0) is 16.9. The minimum Gasteiger partial charge on any atom is -0.244 e. The quantitative estimate of drug-likeness (QED) is 0.835. The molecule has 1 aromatic carbocycles. The Hall–Kier alpha value is -2.30. The molecule has 1 aromatic heterocycles. The molecule has 2 unspecified atom stereocenters. The topological polar surface area (TPSA) is 87.0 Å². The molecule has 122 valence electrons. The van der Waals surface area contributed by atoms with Crippen molar-refractivity contribution in [2.75, 3.05) is 0 Å². The van der Waals surface area contributed by atoms with Crippen LogP contribution in [0.2, 0.25) is 0 Å². The van der Waals surface area contributed by atoms with E-state index in [0.29, 0.717) is 17.5 Å². The monoisotopic (exact) mass is 340 g/mol. The van der Waals surface area contributed by atoms with Crippen molar-refractivity contribution in [3.8, 4) is 6.07 Å². The second kappa shape index (κ2) is 5.36. The maximum Gasteiger partial charge on any atom is 0.244 e. The van der Waals surface area contributed by atoms with Gasteiger partial charge >= 0.3 is 0 Å². The Morgan fingerprint density at radius 1 is 1.33 bits per heavy atom. The van der Waals surface area contributed by atoms with Crippen LogP contribution < -0.4 is 0 Å². The molecule has 0 aliphatic carbocycles. The number of fused-ring (bicyclic) bond motifs is 4. The summed E-state index contributed by atoms with van der Waals surface area (Å²) in [5.74, 6) is 0. The van der Waals surface area contributed by atoms with Gasteiger partial charge in [0, 0.05) is 24.2 Å². The van der Waals surface area contributed by atoms with Crippen molar-refractivity contribution < 1.29 is 8.42 Å². The van der Waals surface area contributed by atoms with Gasteiger partial charge in [-0.05, 0) is 37.5 Å². The van der Waals surface area contributed by atoms with Crippen molar-refractivity contribution in [3.63, 3.8) is 0 Å². The van der Waals surface area contributed by atoms with E-state index in [1.807, 2.05) is 6.07 Å². The molecule has 3 heterocycles. The van der Waals surface area contributed by atoms with Gasteiger partial charge in [-0.25, -0.2) is 18.4 Å². The molecule has 2 atom stereocenters. The summed E-state index contributed by atoms with van der Waals surface area (Å²) in [5, 5.41) is 9.10. The maximum atomic E-state index is 13.3. The first kappa shape index (κ1) is 15.2. The number of aromatic nitrogens is 2. The molecule has 1 saturated heterocycles. The van der Waals surface area contributed by atoms with E-state index in [4.69, 9.17) is 5.26 Å². The van der Waals surface area contributed by atoms with E-state index in [1.54, 1.807) is 29.6 Å². The van der Waals surface area contributed by atoms with Gasteiger partial charge in [0.25, 0.3) is 0 Å². The summed E-state index contributed by atoms with van der Waals surface area (Å²) in [7, 11) is -3.68. The fraction of sp³-hybridized carbons (Fsp3) is 0.353. The van der Waals surface area contributed by atoms with Crippen LogP contribution in [0.4, 0.5) is 0 Å². The number of aryl methyl sites for hydroxylation is 1. The first-order valence-corrected chi connectivity index (χ1v) is 9.29. The molecule has 7 heteroatoms. The number of benzene rings is 1. The molecule has 2 bridgehead atoms. The molecule has 0 radical (unpaired) electrons. The molecule has 1 fully saturated rings. The summed E-state index contributed by atoms with van der Waals surface area (Å²) in [4.78, 5) is 8.61. The van der Waals surface area contributed by atoms with Gasteiger partial charge in [-0.15, -0.1) is 0 Å². The van der Waals surface area contributed by atoms with Crippen molar-refractivity contribution in [1.29, 1.82) is 5.26 Å². The molecule has 2 aliphatic rings. The first-order chi connectivity index (χ1) is 11.5. The standard InChI is InChI=1S/C17H16N4O2S/c1-11-2-3-12(8-18)6-17(11)24(22,23)21-13-4-5-16(21)14-9-19-10-20-15(14)7-13/h2-3,6,9-10,13,16H,4-5,7H2,1H3. The predicted molar refractivity (Wildman–Crippen MR) is 86.4 cm³/mol. The summed E-state index contributed by atoms with van der Waals surface area (Å²) in [6.45, 7) is 1.76. The van der Waals surface area contributed by atoms with E-state index in [2.05, 4.69) is 9.97 Å². The Morgan fingerprint density at radius 2 is 2.17 bits per heavy atom. The lowest BCUT2D eigenvalue weighted by Crippen LogP contribution is -2.42. The van der Waals surface area contributed by atoms with Crippen molar-refractivity contribution >= 4 is 10.0 Å². The van der Waals surface area contributed by atoms with Crippen LogP contribution >= 0.6 is 0 Å². The fourth-order valence-electron chi connectivity index (χ4n) is 3.81. The number of sulfonamides is 1. The lowest BCUT2D eigenvalue weighted by molar-refractivity contribution is 0.300. The van der Waals surface area contributed by atoms with Gasteiger partial charge in [-0.1, -0.05) is 6.07 Å².